The minimum absolute atomic E-state index is 0.257. The van der Waals surface area contributed by atoms with E-state index >= 15 is 0 Å². The van der Waals surface area contributed by atoms with E-state index < -0.39 is 5.82 Å². The number of aryl methyl sites for hydroxylation is 2. The fourth-order valence-corrected chi connectivity index (χ4v) is 3.24. The van der Waals surface area contributed by atoms with Gasteiger partial charge in [0.1, 0.15) is 23.0 Å². The monoisotopic (exact) mass is 359 g/mol. The van der Waals surface area contributed by atoms with Crippen molar-refractivity contribution in [2.24, 2.45) is 0 Å². The largest absolute Gasteiger partial charge is 0.306 e. The fourth-order valence-electron chi connectivity index (χ4n) is 3.24. The maximum Gasteiger partial charge on any atom is 0.256 e. The van der Waals surface area contributed by atoms with Gasteiger partial charge in [0, 0.05) is 17.3 Å². The van der Waals surface area contributed by atoms with E-state index in [2.05, 4.69) is 11.4 Å². The molecule has 134 valence electrons. The highest BCUT2D eigenvalue weighted by atomic mass is 19.1. The molecule has 0 saturated heterocycles. The van der Waals surface area contributed by atoms with Crippen molar-refractivity contribution in [3.05, 3.63) is 89.4 Å². The van der Waals surface area contributed by atoms with Gasteiger partial charge < -0.3 is 5.32 Å². The van der Waals surface area contributed by atoms with Crippen LogP contribution >= 0.6 is 0 Å². The van der Waals surface area contributed by atoms with Gasteiger partial charge >= 0.3 is 0 Å². The summed E-state index contributed by atoms with van der Waals surface area (Å²) >= 11 is 0. The van der Waals surface area contributed by atoms with Crippen molar-refractivity contribution in [3.8, 4) is 11.3 Å². The van der Waals surface area contributed by atoms with E-state index in [-0.39, 0.29) is 11.5 Å². The van der Waals surface area contributed by atoms with Gasteiger partial charge in [-0.3, -0.25) is 9.20 Å². The first-order chi connectivity index (χ1) is 13.0. The number of halogens is 1. The first-order valence-corrected chi connectivity index (χ1v) is 8.64. The van der Waals surface area contributed by atoms with Crippen molar-refractivity contribution >= 4 is 17.4 Å². The molecule has 4 nitrogen and oxygen atoms in total. The number of imidazole rings is 1. The third-order valence-corrected chi connectivity index (χ3v) is 4.34. The molecule has 4 aromatic rings. The van der Waals surface area contributed by atoms with Gasteiger partial charge in [-0.05, 0) is 56.3 Å². The molecule has 0 aliphatic heterocycles. The molecule has 0 atom stereocenters. The van der Waals surface area contributed by atoms with Crippen LogP contribution in [-0.4, -0.2) is 15.3 Å². The van der Waals surface area contributed by atoms with Crippen molar-refractivity contribution in [2.75, 3.05) is 5.32 Å². The van der Waals surface area contributed by atoms with E-state index in [1.807, 2.05) is 54.8 Å². The molecule has 0 spiro atoms. The smallest absolute Gasteiger partial charge is 0.256 e. The Morgan fingerprint density at radius 1 is 1.00 bits per heavy atom. The van der Waals surface area contributed by atoms with Crippen molar-refractivity contribution in [1.29, 1.82) is 0 Å². The van der Waals surface area contributed by atoms with Crippen LogP contribution in [0.25, 0.3) is 16.9 Å². The number of hydrogen-bond donors (Lipinski definition) is 1. The number of nitrogens with zero attached hydrogens (tertiary/aromatic N) is 2. The molecule has 0 radical (unpaired) electrons. The van der Waals surface area contributed by atoms with Crippen molar-refractivity contribution < 1.29 is 9.18 Å². The second-order valence-corrected chi connectivity index (χ2v) is 6.58. The Balaban J connectivity index is 1.84. The molecule has 2 aromatic heterocycles. The number of carbonyl (C=O) groups excluding carboxylic acids is 1. The highest BCUT2D eigenvalue weighted by molar-refractivity contribution is 6.05. The molecule has 2 heterocycles. The Kier molecular flexibility index (Phi) is 4.20. The summed E-state index contributed by atoms with van der Waals surface area (Å²) in [6.45, 7) is 4.05. The number of rotatable bonds is 3. The maximum absolute atomic E-state index is 13.5. The first kappa shape index (κ1) is 17.0. The average Bonchev–Trinajstić information content (AvgIpc) is 2.99. The van der Waals surface area contributed by atoms with E-state index in [0.717, 1.165) is 22.3 Å². The second kappa shape index (κ2) is 6.68. The number of carbonyl (C=O) groups is 1. The van der Waals surface area contributed by atoms with Crippen molar-refractivity contribution in [2.45, 2.75) is 13.8 Å². The van der Waals surface area contributed by atoms with E-state index in [1.165, 1.54) is 18.2 Å². The van der Waals surface area contributed by atoms with E-state index in [9.17, 15) is 9.18 Å². The van der Waals surface area contributed by atoms with E-state index in [1.54, 1.807) is 6.07 Å². The zero-order valence-corrected chi connectivity index (χ0v) is 15.0. The Hall–Kier alpha value is -3.47. The van der Waals surface area contributed by atoms with Gasteiger partial charge in [-0.15, -0.1) is 0 Å². The van der Waals surface area contributed by atoms with Gasteiger partial charge in [0.05, 0.1) is 0 Å². The van der Waals surface area contributed by atoms with Gasteiger partial charge in [0.25, 0.3) is 5.91 Å². The van der Waals surface area contributed by atoms with Crippen LogP contribution in [0.4, 0.5) is 10.2 Å². The lowest BCUT2D eigenvalue weighted by Gasteiger charge is -2.09. The van der Waals surface area contributed by atoms with Crippen molar-refractivity contribution in [3.63, 3.8) is 0 Å². The molecule has 0 bridgehead atoms. The summed E-state index contributed by atoms with van der Waals surface area (Å²) in [5.74, 6) is -0.272. The number of pyridine rings is 1. The van der Waals surface area contributed by atoms with Crippen LogP contribution in [-0.2, 0) is 0 Å². The van der Waals surface area contributed by atoms with Crippen LogP contribution < -0.4 is 5.32 Å². The van der Waals surface area contributed by atoms with Crippen LogP contribution in [0.1, 0.15) is 21.5 Å². The Labute approximate surface area is 156 Å². The SMILES string of the molecule is Cc1cc(C)cc(-c2nc3ccccn3c2NC(=O)c2cccc(F)c2)c1. The molecule has 0 fully saturated rings. The fraction of sp³-hybridized carbons (Fsp3) is 0.0909. The summed E-state index contributed by atoms with van der Waals surface area (Å²) in [5.41, 5.74) is 4.81. The van der Waals surface area contributed by atoms with Gasteiger partial charge in [-0.1, -0.05) is 29.3 Å². The number of aromatic nitrogens is 2. The lowest BCUT2D eigenvalue weighted by Crippen LogP contribution is -2.14. The van der Waals surface area contributed by atoms with Crippen LogP contribution in [0.15, 0.2) is 66.9 Å². The summed E-state index contributed by atoms with van der Waals surface area (Å²) < 4.78 is 15.3. The lowest BCUT2D eigenvalue weighted by molar-refractivity contribution is 0.102. The summed E-state index contributed by atoms with van der Waals surface area (Å²) in [4.78, 5) is 17.4. The van der Waals surface area contributed by atoms with Crippen LogP contribution in [0, 0.1) is 19.7 Å². The van der Waals surface area contributed by atoms with Gasteiger partial charge in [-0.25, -0.2) is 9.37 Å². The number of fused-ring (bicyclic) bond motifs is 1. The van der Waals surface area contributed by atoms with Crippen molar-refractivity contribution in [1.82, 2.24) is 9.38 Å². The molecular formula is C22H18FN3O. The minimum atomic E-state index is -0.449. The normalized spacial score (nSPS) is 10.9. The quantitative estimate of drug-likeness (QED) is 0.559. The van der Waals surface area contributed by atoms with E-state index in [0.29, 0.717) is 11.5 Å². The van der Waals surface area contributed by atoms with E-state index in [4.69, 9.17) is 4.98 Å². The molecular weight excluding hydrogens is 341 g/mol. The zero-order chi connectivity index (χ0) is 19.0. The molecule has 2 aromatic carbocycles. The van der Waals surface area contributed by atoms with Gasteiger partial charge in [-0.2, -0.15) is 0 Å². The third-order valence-electron chi connectivity index (χ3n) is 4.34. The molecule has 1 amide bonds. The highest BCUT2D eigenvalue weighted by Crippen LogP contribution is 2.30. The average molecular weight is 359 g/mol. The standard InChI is InChI=1S/C22H18FN3O/c1-14-10-15(2)12-17(11-14)20-21(26-9-4-3-8-19(26)24-20)25-22(27)16-6-5-7-18(23)13-16/h3-13H,1-2H3,(H,25,27). The number of hydrogen-bond acceptors (Lipinski definition) is 2. The molecule has 4 rings (SSSR count). The number of amides is 1. The topological polar surface area (TPSA) is 46.4 Å². The highest BCUT2D eigenvalue weighted by Gasteiger charge is 2.18. The molecule has 0 saturated carbocycles. The van der Waals surface area contributed by atoms with Gasteiger partial charge in [0.15, 0.2) is 0 Å². The molecule has 5 heteroatoms. The molecule has 0 aliphatic carbocycles. The minimum Gasteiger partial charge on any atom is -0.306 e. The predicted molar refractivity (Wildman–Crippen MR) is 104 cm³/mol. The molecule has 0 unspecified atom stereocenters. The van der Waals surface area contributed by atoms with Crippen LogP contribution in [0.3, 0.4) is 0 Å². The Morgan fingerprint density at radius 2 is 1.78 bits per heavy atom. The van der Waals surface area contributed by atoms with Crippen LogP contribution in [0.5, 0.6) is 0 Å². The van der Waals surface area contributed by atoms with Crippen LogP contribution in [0.2, 0.25) is 0 Å². The third kappa shape index (κ3) is 3.31. The second-order valence-electron chi connectivity index (χ2n) is 6.58. The summed E-state index contributed by atoms with van der Waals surface area (Å²) in [5, 5.41) is 2.91. The molecule has 1 N–H and O–H groups in total. The zero-order valence-electron chi connectivity index (χ0n) is 15.0. The number of nitrogens with one attached hydrogen (secondary N) is 1. The summed E-state index contributed by atoms with van der Waals surface area (Å²) in [6.07, 6.45) is 1.84. The molecule has 27 heavy (non-hydrogen) atoms. The Morgan fingerprint density at radius 3 is 2.52 bits per heavy atom. The predicted octanol–water partition coefficient (Wildman–Crippen LogP) is 5.01. The Bertz CT molecular complexity index is 1140. The number of benzene rings is 2. The molecule has 0 aliphatic rings. The number of anilines is 1. The summed E-state index contributed by atoms with van der Waals surface area (Å²) in [7, 11) is 0. The lowest BCUT2D eigenvalue weighted by atomic mass is 10.0. The van der Waals surface area contributed by atoms with Gasteiger partial charge in [0.2, 0.25) is 0 Å². The first-order valence-electron chi connectivity index (χ1n) is 8.64. The summed E-state index contributed by atoms with van der Waals surface area (Å²) in [6, 6.07) is 17.4. The maximum atomic E-state index is 13.5.